The van der Waals surface area contributed by atoms with Crippen molar-refractivity contribution < 1.29 is 24.5 Å². The Bertz CT molecular complexity index is 617. The van der Waals surface area contributed by atoms with E-state index in [1.54, 1.807) is 6.20 Å². The van der Waals surface area contributed by atoms with Crippen LogP contribution in [0.15, 0.2) is 48.8 Å². The second kappa shape index (κ2) is 10.7. The van der Waals surface area contributed by atoms with Crippen molar-refractivity contribution in [1.29, 1.82) is 0 Å². The molecule has 0 radical (unpaired) electrons. The van der Waals surface area contributed by atoms with Crippen LogP contribution in [0.1, 0.15) is 18.1 Å². The summed E-state index contributed by atoms with van der Waals surface area (Å²) in [5.41, 5.74) is 2.45. The highest BCUT2D eigenvalue weighted by molar-refractivity contribution is 6.27. The number of carboxylic acid groups (broad SMARTS) is 2. The minimum absolute atomic E-state index is 0.707. The fraction of sp³-hybridized carbons (Fsp3) is 0.235. The fourth-order valence-electron chi connectivity index (χ4n) is 1.72. The first-order valence-corrected chi connectivity index (χ1v) is 7.30. The molecule has 7 heteroatoms. The van der Waals surface area contributed by atoms with E-state index in [1.807, 2.05) is 31.3 Å². The van der Waals surface area contributed by atoms with Gasteiger partial charge in [-0.05, 0) is 36.2 Å². The Labute approximate surface area is 139 Å². The molecule has 3 N–H and O–H groups in total. The maximum Gasteiger partial charge on any atom is 0.414 e. The lowest BCUT2D eigenvalue weighted by atomic mass is 10.2. The number of hydrogen-bond acceptors (Lipinski definition) is 5. The molecule has 0 saturated heterocycles. The molecule has 0 aliphatic rings. The average Bonchev–Trinajstić information content (AvgIpc) is 2.58. The van der Waals surface area contributed by atoms with Gasteiger partial charge < -0.3 is 20.3 Å². The highest BCUT2D eigenvalue weighted by atomic mass is 16.5. The van der Waals surface area contributed by atoms with E-state index in [0.29, 0.717) is 6.61 Å². The van der Waals surface area contributed by atoms with E-state index >= 15 is 0 Å². The average molecular weight is 332 g/mol. The van der Waals surface area contributed by atoms with E-state index < -0.39 is 11.9 Å². The van der Waals surface area contributed by atoms with Gasteiger partial charge in [0.2, 0.25) is 0 Å². The summed E-state index contributed by atoms with van der Waals surface area (Å²) in [4.78, 5) is 22.3. The van der Waals surface area contributed by atoms with E-state index in [0.717, 1.165) is 18.8 Å². The molecule has 0 aliphatic heterocycles. The Morgan fingerprint density at radius 3 is 2.17 bits per heavy atom. The third-order valence-electron chi connectivity index (χ3n) is 2.80. The number of benzene rings is 1. The van der Waals surface area contributed by atoms with Crippen LogP contribution >= 0.6 is 0 Å². The van der Waals surface area contributed by atoms with Crippen molar-refractivity contribution >= 4 is 11.9 Å². The monoisotopic (exact) mass is 332 g/mol. The van der Waals surface area contributed by atoms with Crippen molar-refractivity contribution in [2.24, 2.45) is 0 Å². The van der Waals surface area contributed by atoms with Gasteiger partial charge in [-0.1, -0.05) is 18.2 Å². The Morgan fingerprint density at radius 2 is 1.67 bits per heavy atom. The third-order valence-corrected chi connectivity index (χ3v) is 2.80. The van der Waals surface area contributed by atoms with E-state index in [4.69, 9.17) is 24.5 Å². The number of aliphatic carboxylic acids is 2. The van der Waals surface area contributed by atoms with Crippen LogP contribution < -0.4 is 10.1 Å². The first kappa shape index (κ1) is 19.1. The van der Waals surface area contributed by atoms with Crippen molar-refractivity contribution in [3.63, 3.8) is 0 Å². The molecule has 128 valence electrons. The Hall–Kier alpha value is -2.93. The van der Waals surface area contributed by atoms with Gasteiger partial charge in [-0.15, -0.1) is 0 Å². The normalized spacial score (nSPS) is 9.54. The van der Waals surface area contributed by atoms with Gasteiger partial charge in [0.05, 0.1) is 6.61 Å². The molecule has 0 fully saturated rings. The molecule has 1 aromatic heterocycles. The minimum atomic E-state index is -1.82. The summed E-state index contributed by atoms with van der Waals surface area (Å²) in [6.07, 6.45) is 3.67. The number of pyridine rings is 1. The highest BCUT2D eigenvalue weighted by Crippen LogP contribution is 2.11. The van der Waals surface area contributed by atoms with Gasteiger partial charge in [0.1, 0.15) is 5.75 Å². The number of carbonyl (C=O) groups is 2. The predicted molar refractivity (Wildman–Crippen MR) is 87.7 cm³/mol. The van der Waals surface area contributed by atoms with Gasteiger partial charge in [-0.25, -0.2) is 9.59 Å². The molecule has 1 aromatic carbocycles. The summed E-state index contributed by atoms with van der Waals surface area (Å²) >= 11 is 0. The number of carboxylic acids is 2. The summed E-state index contributed by atoms with van der Waals surface area (Å²) in [6, 6.07) is 12.2. The van der Waals surface area contributed by atoms with Crippen molar-refractivity contribution in [1.82, 2.24) is 10.3 Å². The summed E-state index contributed by atoms with van der Waals surface area (Å²) in [5, 5.41) is 18.2. The van der Waals surface area contributed by atoms with Crippen LogP contribution in [0, 0.1) is 0 Å². The predicted octanol–water partition coefficient (Wildman–Crippen LogP) is 1.93. The van der Waals surface area contributed by atoms with Crippen molar-refractivity contribution in [3.05, 3.63) is 59.9 Å². The van der Waals surface area contributed by atoms with Gasteiger partial charge in [0.15, 0.2) is 0 Å². The molecule has 0 atom stereocenters. The van der Waals surface area contributed by atoms with E-state index in [9.17, 15) is 0 Å². The van der Waals surface area contributed by atoms with Crippen LogP contribution in [0.2, 0.25) is 0 Å². The van der Waals surface area contributed by atoms with Crippen LogP contribution in [0.4, 0.5) is 0 Å². The number of nitrogens with one attached hydrogen (secondary N) is 1. The zero-order valence-corrected chi connectivity index (χ0v) is 13.3. The molecule has 0 amide bonds. The molecule has 7 nitrogen and oxygen atoms in total. The summed E-state index contributed by atoms with van der Waals surface area (Å²) in [6.45, 7) is 4.38. The molecule has 2 aromatic rings. The second-order valence-electron chi connectivity index (χ2n) is 4.65. The lowest BCUT2D eigenvalue weighted by Gasteiger charge is -2.06. The number of hydrogen-bond donors (Lipinski definition) is 3. The van der Waals surface area contributed by atoms with Crippen LogP contribution in [0.5, 0.6) is 5.75 Å². The number of aromatic nitrogens is 1. The highest BCUT2D eigenvalue weighted by Gasteiger charge is 2.04. The van der Waals surface area contributed by atoms with Crippen LogP contribution in [0.25, 0.3) is 0 Å². The third kappa shape index (κ3) is 7.90. The standard InChI is InChI=1S/C15H18N2O.C2H2O4/c1-2-18-15-7-5-13(6-8-15)10-17-12-14-4-3-9-16-11-14;3-1(4)2(5)6/h3-9,11,17H,2,10,12H2,1H3;(H,3,4)(H,5,6). The molecule has 0 unspecified atom stereocenters. The van der Waals surface area contributed by atoms with Crippen LogP contribution in [-0.2, 0) is 22.7 Å². The lowest BCUT2D eigenvalue weighted by Crippen LogP contribution is -2.12. The molecule has 24 heavy (non-hydrogen) atoms. The Kier molecular flexibility index (Phi) is 8.55. The van der Waals surface area contributed by atoms with E-state index in [2.05, 4.69) is 28.5 Å². The molecule has 0 bridgehead atoms. The van der Waals surface area contributed by atoms with Gasteiger partial charge in [0.25, 0.3) is 0 Å². The Balaban J connectivity index is 0.000000413. The van der Waals surface area contributed by atoms with Crippen molar-refractivity contribution in [3.8, 4) is 5.75 Å². The van der Waals surface area contributed by atoms with Gasteiger partial charge in [0, 0.05) is 25.5 Å². The summed E-state index contributed by atoms with van der Waals surface area (Å²) < 4.78 is 5.41. The summed E-state index contributed by atoms with van der Waals surface area (Å²) in [5.74, 6) is -2.72. The largest absolute Gasteiger partial charge is 0.494 e. The molecule has 2 rings (SSSR count). The van der Waals surface area contributed by atoms with Gasteiger partial charge >= 0.3 is 11.9 Å². The van der Waals surface area contributed by atoms with Gasteiger partial charge in [-0.3, -0.25) is 4.98 Å². The first-order chi connectivity index (χ1) is 11.5. The number of rotatable bonds is 6. The summed E-state index contributed by atoms with van der Waals surface area (Å²) in [7, 11) is 0. The van der Waals surface area contributed by atoms with E-state index in [1.165, 1.54) is 11.1 Å². The SMILES string of the molecule is CCOc1ccc(CNCc2cccnc2)cc1.O=C(O)C(=O)O. The molecular weight excluding hydrogens is 312 g/mol. The molecule has 1 heterocycles. The van der Waals surface area contributed by atoms with Crippen LogP contribution in [0.3, 0.4) is 0 Å². The number of ether oxygens (including phenoxy) is 1. The second-order valence-corrected chi connectivity index (χ2v) is 4.65. The van der Waals surface area contributed by atoms with Crippen LogP contribution in [-0.4, -0.2) is 33.7 Å². The van der Waals surface area contributed by atoms with Crippen molar-refractivity contribution in [2.75, 3.05) is 6.61 Å². The zero-order valence-electron chi connectivity index (χ0n) is 13.3. The van der Waals surface area contributed by atoms with Gasteiger partial charge in [-0.2, -0.15) is 0 Å². The topological polar surface area (TPSA) is 109 Å². The smallest absolute Gasteiger partial charge is 0.414 e. The zero-order chi connectivity index (χ0) is 17.8. The lowest BCUT2D eigenvalue weighted by molar-refractivity contribution is -0.159. The maximum atomic E-state index is 9.10. The van der Waals surface area contributed by atoms with Crippen molar-refractivity contribution in [2.45, 2.75) is 20.0 Å². The number of nitrogens with zero attached hydrogens (tertiary/aromatic N) is 1. The molecule has 0 saturated carbocycles. The Morgan fingerprint density at radius 1 is 1.04 bits per heavy atom. The first-order valence-electron chi connectivity index (χ1n) is 7.30. The van der Waals surface area contributed by atoms with E-state index in [-0.39, 0.29) is 0 Å². The molecule has 0 aliphatic carbocycles. The fourth-order valence-corrected chi connectivity index (χ4v) is 1.72. The molecule has 0 spiro atoms. The minimum Gasteiger partial charge on any atom is -0.494 e. The molecular formula is C17H20N2O5. The maximum absolute atomic E-state index is 9.10. The quantitative estimate of drug-likeness (QED) is 0.693.